The number of rotatable bonds is 3. The smallest absolute Gasteiger partial charge is 0.145 e. The van der Waals surface area contributed by atoms with E-state index in [1.807, 2.05) is 63.2 Å². The Morgan fingerprint density at radius 3 is 2.25 bits per heavy atom. The van der Waals surface area contributed by atoms with Gasteiger partial charge in [-0.05, 0) is 42.7 Å². The van der Waals surface area contributed by atoms with E-state index in [9.17, 15) is 0 Å². The lowest BCUT2D eigenvalue weighted by atomic mass is 10.1. The molecule has 20 heavy (non-hydrogen) atoms. The van der Waals surface area contributed by atoms with Crippen LogP contribution in [0.4, 0.5) is 0 Å². The maximum atomic E-state index is 9.13. The molecule has 0 heterocycles. The Hall–Kier alpha value is -2.27. The van der Waals surface area contributed by atoms with E-state index >= 15 is 0 Å². The molecule has 0 aliphatic carbocycles. The highest BCUT2D eigenvalue weighted by Gasteiger charge is 2.06. The SMILES string of the molecule is CC.CCc1ccc(Oc2cccc(C)c2C#N)cc1. The number of nitrogens with zero attached hydrogens (tertiary/aromatic N) is 1. The number of nitriles is 1. The second kappa shape index (κ2) is 8.01. The van der Waals surface area contributed by atoms with E-state index in [2.05, 4.69) is 13.0 Å². The number of hydrogen-bond acceptors (Lipinski definition) is 2. The van der Waals surface area contributed by atoms with Crippen LogP contribution in [0.2, 0.25) is 0 Å². The first-order valence-corrected chi connectivity index (χ1v) is 7.01. The van der Waals surface area contributed by atoms with Crippen molar-refractivity contribution in [3.05, 3.63) is 59.2 Å². The Kier molecular flexibility index (Phi) is 6.32. The normalized spacial score (nSPS) is 9.15. The average molecular weight is 267 g/mol. The van der Waals surface area contributed by atoms with E-state index in [-0.39, 0.29) is 0 Å². The fraction of sp³-hybridized carbons (Fsp3) is 0.278. The van der Waals surface area contributed by atoms with E-state index in [0.29, 0.717) is 11.3 Å². The van der Waals surface area contributed by atoms with Gasteiger partial charge in [-0.25, -0.2) is 0 Å². The molecule has 0 bridgehead atoms. The van der Waals surface area contributed by atoms with Crippen LogP contribution in [-0.4, -0.2) is 0 Å². The second-order valence-electron chi connectivity index (χ2n) is 4.16. The molecule has 0 unspecified atom stereocenters. The largest absolute Gasteiger partial charge is 0.456 e. The van der Waals surface area contributed by atoms with Gasteiger partial charge in [-0.2, -0.15) is 5.26 Å². The molecule has 0 saturated heterocycles. The zero-order valence-electron chi connectivity index (χ0n) is 12.6. The predicted molar refractivity (Wildman–Crippen MR) is 83.1 cm³/mol. The lowest BCUT2D eigenvalue weighted by Gasteiger charge is -2.09. The number of benzene rings is 2. The summed E-state index contributed by atoms with van der Waals surface area (Å²) in [6.07, 6.45) is 1.01. The molecule has 2 nitrogen and oxygen atoms in total. The predicted octanol–water partition coefficient (Wildman–Crippen LogP) is 5.25. The quantitative estimate of drug-likeness (QED) is 0.761. The minimum Gasteiger partial charge on any atom is -0.456 e. The van der Waals surface area contributed by atoms with Crippen molar-refractivity contribution in [2.45, 2.75) is 34.1 Å². The minimum absolute atomic E-state index is 0.595. The van der Waals surface area contributed by atoms with Gasteiger partial charge in [-0.15, -0.1) is 0 Å². The number of aryl methyl sites for hydroxylation is 2. The standard InChI is InChI=1S/C16H15NO.C2H6/c1-3-13-7-9-14(10-8-13)18-16-6-4-5-12(2)15(16)11-17;1-2/h4-10H,3H2,1-2H3;1-2H3. The van der Waals surface area contributed by atoms with Crippen LogP contribution in [-0.2, 0) is 6.42 Å². The summed E-state index contributed by atoms with van der Waals surface area (Å²) < 4.78 is 5.76. The molecule has 0 amide bonds. The summed E-state index contributed by atoms with van der Waals surface area (Å²) in [4.78, 5) is 0. The summed E-state index contributed by atoms with van der Waals surface area (Å²) in [6.45, 7) is 8.02. The van der Waals surface area contributed by atoms with Crippen LogP contribution in [0.1, 0.15) is 37.5 Å². The molecule has 0 aliphatic rings. The Morgan fingerprint density at radius 1 is 1.05 bits per heavy atom. The molecule has 0 fully saturated rings. The summed E-state index contributed by atoms with van der Waals surface area (Å²) in [5, 5.41) is 9.13. The van der Waals surface area contributed by atoms with E-state index in [1.54, 1.807) is 0 Å². The van der Waals surface area contributed by atoms with Crippen molar-refractivity contribution in [2.75, 3.05) is 0 Å². The van der Waals surface area contributed by atoms with Crippen LogP contribution >= 0.6 is 0 Å². The third kappa shape index (κ3) is 3.86. The van der Waals surface area contributed by atoms with Crippen LogP contribution < -0.4 is 4.74 Å². The van der Waals surface area contributed by atoms with Gasteiger partial charge in [0.2, 0.25) is 0 Å². The van der Waals surface area contributed by atoms with Crippen LogP contribution in [0.3, 0.4) is 0 Å². The lowest BCUT2D eigenvalue weighted by Crippen LogP contribution is -1.91. The van der Waals surface area contributed by atoms with Gasteiger partial charge in [0, 0.05) is 0 Å². The summed E-state index contributed by atoms with van der Waals surface area (Å²) in [7, 11) is 0. The van der Waals surface area contributed by atoms with E-state index in [0.717, 1.165) is 17.7 Å². The molecule has 0 saturated carbocycles. The molecule has 2 heteroatoms. The molecule has 104 valence electrons. The highest BCUT2D eigenvalue weighted by atomic mass is 16.5. The van der Waals surface area contributed by atoms with Gasteiger partial charge in [0.1, 0.15) is 17.6 Å². The first kappa shape index (κ1) is 15.8. The van der Waals surface area contributed by atoms with Gasteiger partial charge >= 0.3 is 0 Å². The number of hydrogen-bond donors (Lipinski definition) is 0. The van der Waals surface area contributed by atoms with E-state index in [1.165, 1.54) is 5.56 Å². The summed E-state index contributed by atoms with van der Waals surface area (Å²) in [5.74, 6) is 1.37. The third-order valence-corrected chi connectivity index (χ3v) is 2.91. The van der Waals surface area contributed by atoms with Crippen LogP contribution in [0.25, 0.3) is 0 Å². The highest BCUT2D eigenvalue weighted by molar-refractivity contribution is 5.49. The van der Waals surface area contributed by atoms with Crippen molar-refractivity contribution in [1.29, 1.82) is 5.26 Å². The Balaban J connectivity index is 0.000000956. The molecule has 2 aromatic rings. The van der Waals surface area contributed by atoms with Crippen LogP contribution in [0, 0.1) is 18.3 Å². The van der Waals surface area contributed by atoms with Crippen molar-refractivity contribution in [2.24, 2.45) is 0 Å². The first-order valence-electron chi connectivity index (χ1n) is 7.01. The molecular weight excluding hydrogens is 246 g/mol. The lowest BCUT2D eigenvalue weighted by molar-refractivity contribution is 0.480. The maximum Gasteiger partial charge on any atom is 0.145 e. The Labute approximate surface area is 121 Å². The van der Waals surface area contributed by atoms with Gasteiger partial charge in [-0.1, -0.05) is 45.0 Å². The van der Waals surface area contributed by atoms with Crippen molar-refractivity contribution >= 4 is 0 Å². The van der Waals surface area contributed by atoms with Crippen molar-refractivity contribution < 1.29 is 4.74 Å². The van der Waals surface area contributed by atoms with Crippen LogP contribution in [0.15, 0.2) is 42.5 Å². The molecule has 0 spiro atoms. The summed E-state index contributed by atoms with van der Waals surface area (Å²) >= 11 is 0. The van der Waals surface area contributed by atoms with Gasteiger partial charge < -0.3 is 4.74 Å². The van der Waals surface area contributed by atoms with Crippen molar-refractivity contribution in [1.82, 2.24) is 0 Å². The number of ether oxygens (including phenoxy) is 1. The first-order chi connectivity index (χ1) is 9.74. The molecule has 2 rings (SSSR count). The summed E-state index contributed by atoms with van der Waals surface area (Å²) in [5.41, 5.74) is 2.80. The highest BCUT2D eigenvalue weighted by Crippen LogP contribution is 2.27. The average Bonchev–Trinajstić information content (AvgIpc) is 2.50. The Bertz CT molecular complexity index is 579. The molecule has 0 radical (unpaired) electrons. The van der Waals surface area contributed by atoms with E-state index < -0.39 is 0 Å². The molecule has 0 aromatic heterocycles. The molecule has 0 aliphatic heterocycles. The van der Waals surface area contributed by atoms with E-state index in [4.69, 9.17) is 10.00 Å². The topological polar surface area (TPSA) is 33.0 Å². The van der Waals surface area contributed by atoms with Crippen molar-refractivity contribution in [3.63, 3.8) is 0 Å². The molecular formula is C18H21NO. The molecule has 0 atom stereocenters. The van der Waals surface area contributed by atoms with Crippen LogP contribution in [0.5, 0.6) is 11.5 Å². The monoisotopic (exact) mass is 267 g/mol. The molecule has 2 aromatic carbocycles. The van der Waals surface area contributed by atoms with Gasteiger partial charge in [0.15, 0.2) is 0 Å². The van der Waals surface area contributed by atoms with Crippen molar-refractivity contribution in [3.8, 4) is 17.6 Å². The maximum absolute atomic E-state index is 9.13. The second-order valence-corrected chi connectivity index (χ2v) is 4.16. The van der Waals surface area contributed by atoms with Gasteiger partial charge in [0.25, 0.3) is 0 Å². The minimum atomic E-state index is 0.595. The van der Waals surface area contributed by atoms with Gasteiger partial charge in [0.05, 0.1) is 5.56 Å². The fourth-order valence-electron chi connectivity index (χ4n) is 1.79. The Morgan fingerprint density at radius 2 is 1.70 bits per heavy atom. The summed E-state index contributed by atoms with van der Waals surface area (Å²) in [6, 6.07) is 15.7. The fourth-order valence-corrected chi connectivity index (χ4v) is 1.79. The zero-order chi connectivity index (χ0) is 15.0. The third-order valence-electron chi connectivity index (χ3n) is 2.91. The zero-order valence-corrected chi connectivity index (χ0v) is 12.6. The molecule has 0 N–H and O–H groups in total. The van der Waals surface area contributed by atoms with Gasteiger partial charge in [-0.3, -0.25) is 0 Å².